The predicted molar refractivity (Wildman–Crippen MR) is 32.8 cm³/mol. The molecular formula is C7H3F5O. The van der Waals surface area contributed by atoms with Gasteiger partial charge in [-0.25, -0.2) is 13.2 Å². The SMILES string of the molecule is COc1c(F)c(F)c(F)c(F)c1F. The summed E-state index contributed by atoms with van der Waals surface area (Å²) < 4.78 is 66.2. The molecule has 0 aliphatic rings. The van der Waals surface area contributed by atoms with Crippen LogP contribution in [-0.4, -0.2) is 7.11 Å². The summed E-state index contributed by atoms with van der Waals surface area (Å²) in [6.45, 7) is 0. The molecule has 1 aromatic carbocycles. The van der Waals surface area contributed by atoms with E-state index in [1.54, 1.807) is 0 Å². The van der Waals surface area contributed by atoms with Crippen molar-refractivity contribution in [1.29, 1.82) is 0 Å². The van der Waals surface area contributed by atoms with Crippen molar-refractivity contribution in [3.05, 3.63) is 29.1 Å². The van der Waals surface area contributed by atoms with Crippen LogP contribution in [0.5, 0.6) is 5.75 Å². The Hall–Kier alpha value is -1.33. The van der Waals surface area contributed by atoms with Crippen LogP contribution in [0.4, 0.5) is 22.0 Å². The monoisotopic (exact) mass is 198 g/mol. The lowest BCUT2D eigenvalue weighted by molar-refractivity contribution is 0.310. The van der Waals surface area contributed by atoms with Gasteiger partial charge in [0, 0.05) is 0 Å². The minimum Gasteiger partial charge on any atom is -0.491 e. The molecule has 0 unspecified atom stereocenters. The number of rotatable bonds is 1. The minimum atomic E-state index is -2.20. The molecule has 0 aliphatic carbocycles. The number of halogens is 5. The average Bonchev–Trinajstić information content (AvgIpc) is 2.13. The maximum Gasteiger partial charge on any atom is 0.206 e. The Balaban J connectivity index is 3.56. The quantitative estimate of drug-likeness (QED) is 0.382. The second-order valence-electron chi connectivity index (χ2n) is 2.10. The molecule has 0 fully saturated rings. The van der Waals surface area contributed by atoms with Gasteiger partial charge in [-0.3, -0.25) is 0 Å². The fraction of sp³-hybridized carbons (Fsp3) is 0.143. The molecule has 0 bridgehead atoms. The number of hydrogen-bond donors (Lipinski definition) is 0. The molecule has 0 aliphatic heterocycles. The van der Waals surface area contributed by atoms with Crippen LogP contribution in [0.3, 0.4) is 0 Å². The molecular weight excluding hydrogens is 195 g/mol. The first-order chi connectivity index (χ1) is 6.00. The van der Waals surface area contributed by atoms with Gasteiger partial charge in [-0.2, -0.15) is 8.78 Å². The van der Waals surface area contributed by atoms with Crippen molar-refractivity contribution < 1.29 is 26.7 Å². The Bertz CT molecular complexity index is 320. The van der Waals surface area contributed by atoms with Crippen molar-refractivity contribution >= 4 is 0 Å². The van der Waals surface area contributed by atoms with Crippen molar-refractivity contribution in [1.82, 2.24) is 0 Å². The van der Waals surface area contributed by atoms with E-state index in [0.717, 1.165) is 7.11 Å². The third kappa shape index (κ3) is 1.32. The molecule has 1 rings (SSSR count). The van der Waals surface area contributed by atoms with E-state index >= 15 is 0 Å². The Morgan fingerprint density at radius 3 is 1.31 bits per heavy atom. The van der Waals surface area contributed by atoms with E-state index in [9.17, 15) is 22.0 Å². The van der Waals surface area contributed by atoms with Gasteiger partial charge in [-0.15, -0.1) is 0 Å². The Morgan fingerprint density at radius 1 is 0.692 bits per heavy atom. The Morgan fingerprint density at radius 2 is 1.00 bits per heavy atom. The summed E-state index contributed by atoms with van der Waals surface area (Å²) in [5.41, 5.74) is 0. The van der Waals surface area contributed by atoms with Gasteiger partial charge < -0.3 is 4.74 Å². The number of hydrogen-bond acceptors (Lipinski definition) is 1. The maximum atomic E-state index is 12.6. The van der Waals surface area contributed by atoms with Crippen LogP contribution in [0.2, 0.25) is 0 Å². The van der Waals surface area contributed by atoms with Gasteiger partial charge in [0.05, 0.1) is 7.11 Å². The van der Waals surface area contributed by atoms with Gasteiger partial charge in [0.2, 0.25) is 29.1 Å². The molecule has 0 radical (unpaired) electrons. The molecule has 6 heteroatoms. The molecule has 72 valence electrons. The van der Waals surface area contributed by atoms with Crippen molar-refractivity contribution in [2.45, 2.75) is 0 Å². The fourth-order valence-electron chi connectivity index (χ4n) is 0.764. The molecule has 0 aromatic heterocycles. The normalized spacial score (nSPS) is 10.3. The largest absolute Gasteiger partial charge is 0.491 e. The van der Waals surface area contributed by atoms with Crippen LogP contribution < -0.4 is 4.74 Å². The standard InChI is InChI=1S/C7H3F5O/c1-13-7-5(11)3(9)2(8)4(10)6(7)12/h1H3. The topological polar surface area (TPSA) is 9.23 Å². The summed E-state index contributed by atoms with van der Waals surface area (Å²) in [7, 11) is 0.804. The van der Waals surface area contributed by atoms with Crippen LogP contribution in [0.25, 0.3) is 0 Å². The molecule has 0 amide bonds. The first kappa shape index (κ1) is 9.76. The van der Waals surface area contributed by atoms with E-state index in [1.807, 2.05) is 0 Å². The lowest BCUT2D eigenvalue weighted by atomic mass is 10.3. The molecule has 0 saturated carbocycles. The van der Waals surface area contributed by atoms with E-state index in [2.05, 4.69) is 4.74 Å². The summed E-state index contributed by atoms with van der Waals surface area (Å²) in [4.78, 5) is 0. The predicted octanol–water partition coefficient (Wildman–Crippen LogP) is 2.39. The minimum absolute atomic E-state index is 0.804. The number of benzene rings is 1. The van der Waals surface area contributed by atoms with Gasteiger partial charge in [0.1, 0.15) is 0 Å². The summed E-state index contributed by atoms with van der Waals surface area (Å²) in [5, 5.41) is 0. The molecule has 1 nitrogen and oxygen atoms in total. The van der Waals surface area contributed by atoms with Crippen LogP contribution >= 0.6 is 0 Å². The Labute approximate surface area is 69.7 Å². The van der Waals surface area contributed by atoms with Crippen molar-refractivity contribution in [2.24, 2.45) is 0 Å². The first-order valence-corrected chi connectivity index (χ1v) is 3.06. The second kappa shape index (κ2) is 3.20. The highest BCUT2D eigenvalue weighted by molar-refractivity contribution is 5.29. The molecule has 0 heterocycles. The molecule has 0 saturated heterocycles. The molecule has 1 aromatic rings. The van der Waals surface area contributed by atoms with Gasteiger partial charge in [0.25, 0.3) is 0 Å². The van der Waals surface area contributed by atoms with Gasteiger partial charge in [-0.1, -0.05) is 0 Å². The Kier molecular flexibility index (Phi) is 2.40. The molecule has 13 heavy (non-hydrogen) atoms. The van der Waals surface area contributed by atoms with Crippen LogP contribution in [0.1, 0.15) is 0 Å². The summed E-state index contributed by atoms with van der Waals surface area (Å²) in [6, 6.07) is 0. The highest BCUT2D eigenvalue weighted by Crippen LogP contribution is 2.28. The van der Waals surface area contributed by atoms with Crippen molar-refractivity contribution in [3.63, 3.8) is 0 Å². The summed E-state index contributed by atoms with van der Waals surface area (Å²) in [6.07, 6.45) is 0. The highest BCUT2D eigenvalue weighted by atomic mass is 19.2. The van der Waals surface area contributed by atoms with Gasteiger partial charge in [0.15, 0.2) is 5.75 Å². The summed E-state index contributed by atoms with van der Waals surface area (Å²) in [5.74, 6) is -11.5. The summed E-state index contributed by atoms with van der Waals surface area (Å²) >= 11 is 0. The third-order valence-electron chi connectivity index (χ3n) is 1.37. The van der Waals surface area contributed by atoms with E-state index in [-0.39, 0.29) is 0 Å². The number of ether oxygens (including phenoxy) is 1. The lowest BCUT2D eigenvalue weighted by Crippen LogP contribution is -2.04. The van der Waals surface area contributed by atoms with Crippen LogP contribution in [0.15, 0.2) is 0 Å². The van der Waals surface area contributed by atoms with Crippen molar-refractivity contribution in [3.8, 4) is 5.75 Å². The third-order valence-corrected chi connectivity index (χ3v) is 1.37. The average molecular weight is 198 g/mol. The first-order valence-electron chi connectivity index (χ1n) is 3.06. The number of methoxy groups -OCH3 is 1. The lowest BCUT2D eigenvalue weighted by Gasteiger charge is -2.05. The van der Waals surface area contributed by atoms with E-state index < -0.39 is 34.8 Å². The van der Waals surface area contributed by atoms with Crippen LogP contribution in [0, 0.1) is 29.1 Å². The van der Waals surface area contributed by atoms with Crippen LogP contribution in [-0.2, 0) is 0 Å². The van der Waals surface area contributed by atoms with E-state index in [0.29, 0.717) is 0 Å². The van der Waals surface area contributed by atoms with E-state index in [1.165, 1.54) is 0 Å². The second-order valence-corrected chi connectivity index (χ2v) is 2.10. The smallest absolute Gasteiger partial charge is 0.206 e. The zero-order valence-electron chi connectivity index (χ0n) is 6.30. The molecule has 0 spiro atoms. The maximum absolute atomic E-state index is 12.6. The zero-order valence-corrected chi connectivity index (χ0v) is 6.30. The van der Waals surface area contributed by atoms with Gasteiger partial charge >= 0.3 is 0 Å². The zero-order chi connectivity index (χ0) is 10.2. The fourth-order valence-corrected chi connectivity index (χ4v) is 0.764. The molecule has 0 N–H and O–H groups in total. The van der Waals surface area contributed by atoms with E-state index in [4.69, 9.17) is 0 Å². The molecule has 0 atom stereocenters. The highest BCUT2D eigenvalue weighted by Gasteiger charge is 2.26. The van der Waals surface area contributed by atoms with Gasteiger partial charge in [-0.05, 0) is 0 Å². The van der Waals surface area contributed by atoms with Crippen molar-refractivity contribution in [2.75, 3.05) is 7.11 Å².